The van der Waals surface area contributed by atoms with Crippen molar-refractivity contribution in [2.24, 2.45) is 11.8 Å². The standard InChI is InChI=1S/C9H11N3O4/c13-8(5-3-6(5)9(14)15)10-2-1-7-11-4-12-16-7/h4-6H,1-3H2,(H,10,13)(H,14,15)/t5-,6+/m1/s1. The van der Waals surface area contributed by atoms with E-state index >= 15 is 0 Å². The minimum absolute atomic E-state index is 0.216. The number of carbonyl (C=O) groups is 2. The molecule has 1 saturated carbocycles. The van der Waals surface area contributed by atoms with Gasteiger partial charge in [0.2, 0.25) is 11.8 Å². The van der Waals surface area contributed by atoms with Crippen molar-refractivity contribution in [1.29, 1.82) is 0 Å². The fourth-order valence-corrected chi connectivity index (χ4v) is 1.49. The summed E-state index contributed by atoms with van der Waals surface area (Å²) in [6, 6.07) is 0. The van der Waals surface area contributed by atoms with Crippen LogP contribution in [0.2, 0.25) is 0 Å². The van der Waals surface area contributed by atoms with Crippen molar-refractivity contribution in [2.75, 3.05) is 6.54 Å². The van der Waals surface area contributed by atoms with Gasteiger partial charge < -0.3 is 14.9 Å². The van der Waals surface area contributed by atoms with Gasteiger partial charge in [-0.25, -0.2) is 0 Å². The van der Waals surface area contributed by atoms with Crippen LogP contribution in [0.25, 0.3) is 0 Å². The van der Waals surface area contributed by atoms with E-state index in [4.69, 9.17) is 9.63 Å². The van der Waals surface area contributed by atoms with E-state index in [1.807, 2.05) is 0 Å². The molecule has 1 aromatic heterocycles. The summed E-state index contributed by atoms with van der Waals surface area (Å²) < 4.78 is 4.74. The number of amides is 1. The molecule has 16 heavy (non-hydrogen) atoms. The van der Waals surface area contributed by atoms with Crippen LogP contribution in [0.5, 0.6) is 0 Å². The number of carboxylic acids is 1. The second-order valence-electron chi connectivity index (χ2n) is 3.66. The number of aromatic nitrogens is 2. The Hall–Kier alpha value is -1.92. The molecule has 0 spiro atoms. The summed E-state index contributed by atoms with van der Waals surface area (Å²) in [4.78, 5) is 25.7. The predicted molar refractivity (Wildman–Crippen MR) is 50.2 cm³/mol. The van der Waals surface area contributed by atoms with Crippen LogP contribution in [-0.2, 0) is 16.0 Å². The third-order valence-electron chi connectivity index (χ3n) is 2.49. The van der Waals surface area contributed by atoms with Gasteiger partial charge in [0.05, 0.1) is 11.8 Å². The van der Waals surface area contributed by atoms with Gasteiger partial charge in [0.15, 0.2) is 6.33 Å². The van der Waals surface area contributed by atoms with Crippen molar-refractivity contribution in [3.8, 4) is 0 Å². The van der Waals surface area contributed by atoms with Crippen LogP contribution in [0, 0.1) is 11.8 Å². The number of nitrogens with one attached hydrogen (secondary N) is 1. The van der Waals surface area contributed by atoms with Crippen molar-refractivity contribution in [3.63, 3.8) is 0 Å². The van der Waals surface area contributed by atoms with Gasteiger partial charge in [0.25, 0.3) is 0 Å². The molecule has 0 unspecified atom stereocenters. The van der Waals surface area contributed by atoms with E-state index in [1.54, 1.807) is 0 Å². The smallest absolute Gasteiger partial charge is 0.307 e. The molecule has 0 aliphatic heterocycles. The molecule has 0 saturated heterocycles. The Morgan fingerprint density at radius 3 is 2.94 bits per heavy atom. The Kier molecular flexibility index (Phi) is 2.84. The quantitative estimate of drug-likeness (QED) is 0.696. The van der Waals surface area contributed by atoms with Crippen LogP contribution >= 0.6 is 0 Å². The average Bonchev–Trinajstić information content (AvgIpc) is 2.90. The average molecular weight is 225 g/mol. The lowest BCUT2D eigenvalue weighted by Crippen LogP contribution is -2.28. The summed E-state index contributed by atoms with van der Waals surface area (Å²) in [6.45, 7) is 0.379. The van der Waals surface area contributed by atoms with Gasteiger partial charge in [-0.05, 0) is 6.42 Å². The van der Waals surface area contributed by atoms with E-state index in [0.29, 0.717) is 25.3 Å². The van der Waals surface area contributed by atoms with Crippen molar-refractivity contribution in [3.05, 3.63) is 12.2 Å². The van der Waals surface area contributed by atoms with E-state index in [-0.39, 0.29) is 11.8 Å². The van der Waals surface area contributed by atoms with Crippen molar-refractivity contribution in [1.82, 2.24) is 15.5 Å². The number of hydrogen-bond acceptors (Lipinski definition) is 5. The number of carboxylic acid groups (broad SMARTS) is 1. The lowest BCUT2D eigenvalue weighted by atomic mass is 10.3. The highest BCUT2D eigenvalue weighted by molar-refractivity contribution is 5.89. The van der Waals surface area contributed by atoms with E-state index in [2.05, 4.69) is 15.5 Å². The van der Waals surface area contributed by atoms with Crippen LogP contribution in [0.1, 0.15) is 12.3 Å². The lowest BCUT2D eigenvalue weighted by Gasteiger charge is -2.01. The topological polar surface area (TPSA) is 105 Å². The highest BCUT2D eigenvalue weighted by atomic mass is 16.5. The molecule has 2 rings (SSSR count). The summed E-state index contributed by atoms with van der Waals surface area (Å²) in [5.41, 5.74) is 0. The molecule has 0 aromatic carbocycles. The number of rotatable bonds is 5. The van der Waals surface area contributed by atoms with Gasteiger partial charge >= 0.3 is 5.97 Å². The van der Waals surface area contributed by atoms with Gasteiger partial charge in [0, 0.05) is 13.0 Å². The highest BCUT2D eigenvalue weighted by Gasteiger charge is 2.48. The first-order valence-electron chi connectivity index (χ1n) is 4.94. The summed E-state index contributed by atoms with van der Waals surface area (Å²) in [5, 5.41) is 14.7. The summed E-state index contributed by atoms with van der Waals surface area (Å²) in [6.07, 6.45) is 2.18. The van der Waals surface area contributed by atoms with Gasteiger partial charge in [0.1, 0.15) is 0 Å². The number of nitrogens with zero attached hydrogens (tertiary/aromatic N) is 2. The molecule has 7 heteroatoms. The molecule has 86 valence electrons. The number of hydrogen-bond donors (Lipinski definition) is 2. The maximum Gasteiger partial charge on any atom is 0.307 e. The summed E-state index contributed by atoms with van der Waals surface area (Å²) in [5.74, 6) is -1.56. The van der Waals surface area contributed by atoms with Crippen LogP contribution in [0.3, 0.4) is 0 Å². The molecule has 2 atom stereocenters. The Bertz CT molecular complexity index is 389. The van der Waals surface area contributed by atoms with Crippen LogP contribution < -0.4 is 5.32 Å². The van der Waals surface area contributed by atoms with E-state index in [9.17, 15) is 9.59 Å². The molecule has 7 nitrogen and oxygen atoms in total. The monoisotopic (exact) mass is 225 g/mol. The molecule has 1 aliphatic rings. The molecule has 1 aliphatic carbocycles. The molecular formula is C9H11N3O4. The van der Waals surface area contributed by atoms with Crippen molar-refractivity contribution < 1.29 is 19.2 Å². The van der Waals surface area contributed by atoms with Gasteiger partial charge in [-0.15, -0.1) is 0 Å². The zero-order chi connectivity index (χ0) is 11.5. The molecule has 1 fully saturated rings. The molecular weight excluding hydrogens is 214 g/mol. The normalized spacial score (nSPS) is 22.8. The second-order valence-corrected chi connectivity index (χ2v) is 3.66. The summed E-state index contributed by atoms with van der Waals surface area (Å²) >= 11 is 0. The number of carbonyl (C=O) groups excluding carboxylic acids is 1. The third kappa shape index (κ3) is 2.36. The van der Waals surface area contributed by atoms with Crippen LogP contribution in [0.15, 0.2) is 10.9 Å². The van der Waals surface area contributed by atoms with Gasteiger partial charge in [-0.1, -0.05) is 5.16 Å². The fraction of sp³-hybridized carbons (Fsp3) is 0.556. The van der Waals surface area contributed by atoms with E-state index in [0.717, 1.165) is 0 Å². The zero-order valence-corrected chi connectivity index (χ0v) is 8.42. The number of aliphatic carboxylic acids is 1. The largest absolute Gasteiger partial charge is 0.481 e. The molecule has 2 N–H and O–H groups in total. The molecule has 0 radical (unpaired) electrons. The Balaban J connectivity index is 1.68. The third-order valence-corrected chi connectivity index (χ3v) is 2.49. The minimum Gasteiger partial charge on any atom is -0.481 e. The van der Waals surface area contributed by atoms with Crippen LogP contribution in [0.4, 0.5) is 0 Å². The first-order chi connectivity index (χ1) is 7.68. The van der Waals surface area contributed by atoms with E-state index in [1.165, 1.54) is 6.33 Å². The van der Waals surface area contributed by atoms with Crippen molar-refractivity contribution >= 4 is 11.9 Å². The first kappa shape index (κ1) is 10.6. The SMILES string of the molecule is O=C(O)[C@H]1C[C@H]1C(=O)NCCc1ncno1. The maximum atomic E-state index is 11.4. The minimum atomic E-state index is -0.906. The Morgan fingerprint density at radius 1 is 1.56 bits per heavy atom. The molecule has 0 bridgehead atoms. The predicted octanol–water partition coefficient (Wildman–Crippen LogP) is -0.551. The maximum absolute atomic E-state index is 11.4. The fourth-order valence-electron chi connectivity index (χ4n) is 1.49. The summed E-state index contributed by atoms with van der Waals surface area (Å²) in [7, 11) is 0. The second kappa shape index (κ2) is 4.30. The van der Waals surface area contributed by atoms with Gasteiger partial charge in [-0.3, -0.25) is 9.59 Å². The Labute approximate surface area is 90.8 Å². The zero-order valence-electron chi connectivity index (χ0n) is 8.42. The van der Waals surface area contributed by atoms with Crippen molar-refractivity contribution in [2.45, 2.75) is 12.8 Å². The molecule has 1 aromatic rings. The lowest BCUT2D eigenvalue weighted by molar-refractivity contribution is -0.140. The van der Waals surface area contributed by atoms with Gasteiger partial charge in [-0.2, -0.15) is 4.98 Å². The highest BCUT2D eigenvalue weighted by Crippen LogP contribution is 2.38. The Morgan fingerprint density at radius 2 is 2.38 bits per heavy atom. The molecule has 1 heterocycles. The van der Waals surface area contributed by atoms with E-state index < -0.39 is 11.9 Å². The van der Waals surface area contributed by atoms with Crippen LogP contribution in [-0.4, -0.2) is 33.7 Å². The molecule has 1 amide bonds. The first-order valence-corrected chi connectivity index (χ1v) is 4.94.